The minimum absolute atomic E-state index is 0.0495. The minimum atomic E-state index is -0.892. The van der Waals surface area contributed by atoms with Crippen LogP contribution in [0.5, 0.6) is 0 Å². The van der Waals surface area contributed by atoms with Crippen LogP contribution in [0.1, 0.15) is 52.4 Å². The smallest absolute Gasteiger partial charge is 0.318 e. The number of carbonyl (C=O) groups is 2. The van der Waals surface area contributed by atoms with Crippen LogP contribution in [0.3, 0.4) is 0 Å². The number of aliphatic hydroxyl groups excluding tert-OH is 1. The molecule has 0 spiro atoms. The van der Waals surface area contributed by atoms with Gasteiger partial charge in [0.2, 0.25) is 0 Å². The Labute approximate surface area is 120 Å². The van der Waals surface area contributed by atoms with Gasteiger partial charge in [-0.15, -0.1) is 0 Å². The normalized spacial score (nSPS) is 18.4. The van der Waals surface area contributed by atoms with Crippen molar-refractivity contribution in [2.24, 2.45) is 0 Å². The topological polar surface area (TPSA) is 89.9 Å². The van der Waals surface area contributed by atoms with E-state index in [1.54, 1.807) is 20.9 Å². The Morgan fingerprint density at radius 3 is 2.25 bits per heavy atom. The maximum atomic E-state index is 12.3. The van der Waals surface area contributed by atoms with Gasteiger partial charge in [-0.25, -0.2) is 4.79 Å². The number of urea groups is 1. The molecule has 1 aliphatic carbocycles. The lowest BCUT2D eigenvalue weighted by molar-refractivity contribution is -0.139. The van der Waals surface area contributed by atoms with Crippen LogP contribution in [0.25, 0.3) is 0 Å². The maximum absolute atomic E-state index is 12.3. The number of hydrogen-bond donors (Lipinski definition) is 3. The van der Waals surface area contributed by atoms with Crippen LogP contribution in [0.15, 0.2) is 0 Å². The van der Waals surface area contributed by atoms with Crippen LogP contribution in [0.2, 0.25) is 0 Å². The van der Waals surface area contributed by atoms with E-state index in [4.69, 9.17) is 5.11 Å². The van der Waals surface area contributed by atoms with Crippen molar-refractivity contribution in [3.8, 4) is 0 Å². The van der Waals surface area contributed by atoms with Crippen LogP contribution in [0, 0.1) is 0 Å². The Balaban J connectivity index is 2.79. The van der Waals surface area contributed by atoms with Crippen molar-refractivity contribution >= 4 is 12.0 Å². The molecule has 0 unspecified atom stereocenters. The Bertz CT molecular complexity index is 362. The second-order valence-electron chi connectivity index (χ2n) is 6.37. The molecule has 1 aliphatic rings. The molecular weight excluding hydrogens is 260 g/mol. The number of likely N-dealkylation sites (N-methyl/N-ethyl adjacent to an activating group) is 1. The first kappa shape index (κ1) is 16.8. The molecule has 6 heteroatoms. The molecule has 0 saturated heterocycles. The van der Waals surface area contributed by atoms with Gasteiger partial charge in [-0.1, -0.05) is 19.3 Å². The zero-order valence-corrected chi connectivity index (χ0v) is 12.6. The van der Waals surface area contributed by atoms with Gasteiger partial charge < -0.3 is 20.4 Å². The summed E-state index contributed by atoms with van der Waals surface area (Å²) >= 11 is 0. The summed E-state index contributed by atoms with van der Waals surface area (Å²) in [6.45, 7) is 3.37. The van der Waals surface area contributed by atoms with Crippen molar-refractivity contribution in [1.82, 2.24) is 10.2 Å². The lowest BCUT2D eigenvalue weighted by atomic mass is 9.79. The van der Waals surface area contributed by atoms with E-state index < -0.39 is 17.0 Å². The first-order valence-corrected chi connectivity index (χ1v) is 7.11. The number of carboxylic acid groups (broad SMARTS) is 1. The predicted octanol–water partition coefficient (Wildman–Crippen LogP) is 1.58. The van der Waals surface area contributed by atoms with Gasteiger partial charge in [-0.2, -0.15) is 0 Å². The fourth-order valence-electron chi connectivity index (χ4n) is 2.56. The Morgan fingerprint density at radius 2 is 1.80 bits per heavy atom. The molecule has 0 radical (unpaired) electrons. The fourth-order valence-corrected chi connectivity index (χ4v) is 2.56. The average molecular weight is 286 g/mol. The van der Waals surface area contributed by atoms with E-state index in [1.165, 1.54) is 4.90 Å². The van der Waals surface area contributed by atoms with Gasteiger partial charge in [-0.05, 0) is 26.7 Å². The summed E-state index contributed by atoms with van der Waals surface area (Å²) in [7, 11) is 1.61. The number of aliphatic hydroxyl groups is 1. The summed E-state index contributed by atoms with van der Waals surface area (Å²) in [6.07, 6.45) is 4.28. The van der Waals surface area contributed by atoms with E-state index in [0.717, 1.165) is 19.3 Å². The summed E-state index contributed by atoms with van der Waals surface area (Å²) in [6, 6.07) is -0.327. The van der Waals surface area contributed by atoms with Crippen molar-refractivity contribution < 1.29 is 19.8 Å². The molecule has 6 nitrogen and oxygen atoms in total. The van der Waals surface area contributed by atoms with E-state index in [1.807, 2.05) is 0 Å². The fraction of sp³-hybridized carbons (Fsp3) is 0.857. The van der Waals surface area contributed by atoms with Gasteiger partial charge >= 0.3 is 12.0 Å². The van der Waals surface area contributed by atoms with E-state index in [0.29, 0.717) is 12.8 Å². The second-order valence-corrected chi connectivity index (χ2v) is 6.37. The number of nitrogens with zero attached hydrogens (tertiary/aromatic N) is 1. The summed E-state index contributed by atoms with van der Waals surface area (Å²) in [4.78, 5) is 24.8. The standard InChI is InChI=1S/C14H26N2O4/c1-13(2,10-17)16(3)12(20)15-14(9-11(18)19)7-5-4-6-8-14/h17H,4-10H2,1-3H3,(H,15,20)(H,18,19). The van der Waals surface area contributed by atoms with Crippen molar-refractivity contribution in [2.75, 3.05) is 13.7 Å². The number of rotatable bonds is 5. The van der Waals surface area contributed by atoms with Crippen LogP contribution in [-0.4, -0.2) is 51.8 Å². The van der Waals surface area contributed by atoms with Gasteiger partial charge in [0.15, 0.2) is 0 Å². The number of carboxylic acids is 1. The quantitative estimate of drug-likeness (QED) is 0.715. The third kappa shape index (κ3) is 4.10. The maximum Gasteiger partial charge on any atom is 0.318 e. The van der Waals surface area contributed by atoms with Crippen LogP contribution in [0.4, 0.5) is 4.79 Å². The number of carbonyl (C=O) groups excluding carboxylic acids is 1. The molecule has 0 aromatic rings. The van der Waals surface area contributed by atoms with Crippen LogP contribution < -0.4 is 5.32 Å². The molecule has 3 N–H and O–H groups in total. The van der Waals surface area contributed by atoms with E-state index >= 15 is 0 Å². The molecule has 0 heterocycles. The molecule has 0 atom stereocenters. The van der Waals surface area contributed by atoms with E-state index in [9.17, 15) is 14.7 Å². The highest BCUT2D eigenvalue weighted by molar-refractivity contribution is 5.77. The predicted molar refractivity (Wildman–Crippen MR) is 75.5 cm³/mol. The zero-order valence-electron chi connectivity index (χ0n) is 12.6. The summed E-state index contributed by atoms with van der Waals surface area (Å²) in [5.74, 6) is -0.892. The lowest BCUT2D eigenvalue weighted by Crippen LogP contribution is -2.59. The molecule has 0 aromatic carbocycles. The largest absolute Gasteiger partial charge is 0.481 e. The molecule has 0 aromatic heterocycles. The molecule has 20 heavy (non-hydrogen) atoms. The zero-order chi connectivity index (χ0) is 15.4. The van der Waals surface area contributed by atoms with Gasteiger partial charge in [0, 0.05) is 7.05 Å². The molecule has 1 rings (SSSR count). The second kappa shape index (κ2) is 6.43. The van der Waals surface area contributed by atoms with Crippen LogP contribution >= 0.6 is 0 Å². The Morgan fingerprint density at radius 1 is 1.25 bits per heavy atom. The molecule has 0 bridgehead atoms. The summed E-state index contributed by atoms with van der Waals surface area (Å²) in [5.41, 5.74) is -1.33. The molecule has 1 fully saturated rings. The van der Waals surface area contributed by atoms with E-state index in [-0.39, 0.29) is 19.1 Å². The highest BCUT2D eigenvalue weighted by Crippen LogP contribution is 2.31. The first-order chi connectivity index (χ1) is 9.22. The Hall–Kier alpha value is -1.30. The highest BCUT2D eigenvalue weighted by Gasteiger charge is 2.38. The number of hydrogen-bond acceptors (Lipinski definition) is 3. The van der Waals surface area contributed by atoms with Gasteiger partial charge in [0.25, 0.3) is 0 Å². The molecular formula is C14H26N2O4. The monoisotopic (exact) mass is 286 g/mol. The summed E-state index contributed by atoms with van der Waals surface area (Å²) < 4.78 is 0. The Kier molecular flexibility index (Phi) is 5.39. The third-order valence-electron chi connectivity index (χ3n) is 4.27. The number of amides is 2. The van der Waals surface area contributed by atoms with Crippen LogP contribution in [-0.2, 0) is 4.79 Å². The van der Waals surface area contributed by atoms with Gasteiger partial charge in [0.1, 0.15) is 0 Å². The van der Waals surface area contributed by atoms with Crippen molar-refractivity contribution in [1.29, 1.82) is 0 Å². The highest BCUT2D eigenvalue weighted by atomic mass is 16.4. The third-order valence-corrected chi connectivity index (χ3v) is 4.27. The van der Waals surface area contributed by atoms with Crippen molar-refractivity contribution in [3.05, 3.63) is 0 Å². The molecule has 116 valence electrons. The number of nitrogens with one attached hydrogen (secondary N) is 1. The SMILES string of the molecule is CN(C(=O)NC1(CC(=O)O)CCCCC1)C(C)(C)CO. The van der Waals surface area contributed by atoms with Crippen molar-refractivity contribution in [3.63, 3.8) is 0 Å². The minimum Gasteiger partial charge on any atom is -0.481 e. The van der Waals surface area contributed by atoms with E-state index in [2.05, 4.69) is 5.32 Å². The lowest BCUT2D eigenvalue weighted by Gasteiger charge is -2.41. The van der Waals surface area contributed by atoms with Crippen molar-refractivity contribution in [2.45, 2.75) is 63.5 Å². The number of aliphatic carboxylic acids is 1. The summed E-state index contributed by atoms with van der Waals surface area (Å²) in [5, 5.41) is 21.3. The molecule has 2 amide bonds. The molecule has 1 saturated carbocycles. The van der Waals surface area contributed by atoms with Gasteiger partial charge in [0.05, 0.1) is 24.1 Å². The average Bonchev–Trinajstić information content (AvgIpc) is 2.37. The molecule has 0 aliphatic heterocycles. The first-order valence-electron chi connectivity index (χ1n) is 7.11. The van der Waals surface area contributed by atoms with Gasteiger partial charge in [-0.3, -0.25) is 4.79 Å².